The van der Waals surface area contributed by atoms with Crippen molar-refractivity contribution in [2.75, 3.05) is 18.4 Å². The Kier molecular flexibility index (Phi) is 4.44. The molecule has 2 aromatic rings. The standard InChI is InChI=1S/C14H19ClN6O/c1-20-14(22)13(15)12(6-18-20)19-10-3-2-4-21(7-10)8-11-5-16-9-17-11/h5-6,9-10,19H,2-4,7-8H2,1H3,(H,16,17). The lowest BCUT2D eigenvalue weighted by atomic mass is 10.1. The summed E-state index contributed by atoms with van der Waals surface area (Å²) in [6, 6.07) is 0.253. The van der Waals surface area contributed by atoms with Crippen LogP contribution in [-0.4, -0.2) is 43.8 Å². The monoisotopic (exact) mass is 322 g/mol. The molecule has 1 aliphatic heterocycles. The van der Waals surface area contributed by atoms with Crippen molar-refractivity contribution in [3.8, 4) is 0 Å². The number of aromatic amines is 1. The average molecular weight is 323 g/mol. The molecule has 2 aromatic heterocycles. The molecule has 0 bridgehead atoms. The van der Waals surface area contributed by atoms with Gasteiger partial charge in [0.25, 0.3) is 5.56 Å². The van der Waals surface area contributed by atoms with Gasteiger partial charge in [-0.15, -0.1) is 0 Å². The number of nitrogens with one attached hydrogen (secondary N) is 2. The molecule has 118 valence electrons. The summed E-state index contributed by atoms with van der Waals surface area (Å²) >= 11 is 6.11. The SMILES string of the molecule is Cn1ncc(NC2CCCN(Cc3cnc[nH]3)C2)c(Cl)c1=O. The van der Waals surface area contributed by atoms with Crippen molar-refractivity contribution < 1.29 is 0 Å². The maximum absolute atomic E-state index is 11.8. The number of imidazole rings is 1. The van der Waals surface area contributed by atoms with Crippen LogP contribution < -0.4 is 10.9 Å². The highest BCUT2D eigenvalue weighted by molar-refractivity contribution is 6.32. The highest BCUT2D eigenvalue weighted by Gasteiger charge is 2.21. The number of piperidine rings is 1. The van der Waals surface area contributed by atoms with Gasteiger partial charge in [0, 0.05) is 38.1 Å². The third kappa shape index (κ3) is 3.31. The van der Waals surface area contributed by atoms with Crippen molar-refractivity contribution in [3.05, 3.63) is 39.8 Å². The minimum Gasteiger partial charge on any atom is -0.378 e. The fraction of sp³-hybridized carbons (Fsp3) is 0.500. The summed E-state index contributed by atoms with van der Waals surface area (Å²) in [5.74, 6) is 0. The van der Waals surface area contributed by atoms with E-state index in [9.17, 15) is 4.79 Å². The lowest BCUT2D eigenvalue weighted by molar-refractivity contribution is 0.206. The number of rotatable bonds is 4. The molecular weight excluding hydrogens is 304 g/mol. The Morgan fingerprint density at radius 2 is 2.36 bits per heavy atom. The molecule has 0 aromatic carbocycles. The van der Waals surface area contributed by atoms with E-state index in [0.717, 1.165) is 38.2 Å². The Balaban J connectivity index is 1.65. The van der Waals surface area contributed by atoms with E-state index in [2.05, 4.69) is 25.3 Å². The highest BCUT2D eigenvalue weighted by atomic mass is 35.5. The number of H-pyrrole nitrogens is 1. The third-order valence-corrected chi connectivity index (χ3v) is 4.26. The molecular formula is C14H19ClN6O. The second kappa shape index (κ2) is 6.50. The molecule has 22 heavy (non-hydrogen) atoms. The predicted octanol–water partition coefficient (Wildman–Crippen LogP) is 1.23. The summed E-state index contributed by atoms with van der Waals surface area (Å²) in [6.07, 6.45) is 7.29. The van der Waals surface area contributed by atoms with Crippen molar-refractivity contribution in [2.24, 2.45) is 7.05 Å². The van der Waals surface area contributed by atoms with Crippen molar-refractivity contribution in [1.29, 1.82) is 0 Å². The molecule has 1 aliphatic rings. The molecule has 3 heterocycles. The number of nitrogens with zero attached hydrogens (tertiary/aromatic N) is 4. The summed E-state index contributed by atoms with van der Waals surface area (Å²) in [7, 11) is 1.59. The van der Waals surface area contributed by atoms with Crippen LogP contribution in [0.25, 0.3) is 0 Å². The largest absolute Gasteiger partial charge is 0.378 e. The van der Waals surface area contributed by atoms with Gasteiger partial charge in [-0.2, -0.15) is 5.10 Å². The number of likely N-dealkylation sites (tertiary alicyclic amines) is 1. The molecule has 7 nitrogen and oxygen atoms in total. The topological polar surface area (TPSA) is 78.8 Å². The van der Waals surface area contributed by atoms with E-state index in [4.69, 9.17) is 11.6 Å². The number of hydrogen-bond acceptors (Lipinski definition) is 5. The first kappa shape index (κ1) is 15.1. The Morgan fingerprint density at radius 3 is 3.14 bits per heavy atom. The molecule has 0 amide bonds. The van der Waals surface area contributed by atoms with Crippen LogP contribution in [0.1, 0.15) is 18.5 Å². The molecule has 0 spiro atoms. The van der Waals surface area contributed by atoms with Crippen LogP contribution in [0.3, 0.4) is 0 Å². The molecule has 3 rings (SSSR count). The van der Waals surface area contributed by atoms with Gasteiger partial charge in [0.05, 0.1) is 18.2 Å². The fourth-order valence-corrected chi connectivity index (χ4v) is 2.99. The van der Waals surface area contributed by atoms with Crippen molar-refractivity contribution in [1.82, 2.24) is 24.6 Å². The van der Waals surface area contributed by atoms with E-state index in [1.807, 2.05) is 6.20 Å². The van der Waals surface area contributed by atoms with Gasteiger partial charge in [0.1, 0.15) is 5.02 Å². The zero-order valence-electron chi connectivity index (χ0n) is 12.4. The number of aromatic nitrogens is 4. The zero-order chi connectivity index (χ0) is 15.5. The molecule has 2 N–H and O–H groups in total. The first-order valence-corrected chi connectivity index (χ1v) is 7.69. The predicted molar refractivity (Wildman–Crippen MR) is 85.0 cm³/mol. The van der Waals surface area contributed by atoms with Gasteiger partial charge in [-0.25, -0.2) is 9.67 Å². The van der Waals surface area contributed by atoms with Crippen LogP contribution in [0.2, 0.25) is 5.02 Å². The van der Waals surface area contributed by atoms with Crippen LogP contribution in [0, 0.1) is 0 Å². The van der Waals surface area contributed by atoms with Gasteiger partial charge in [0.15, 0.2) is 0 Å². The molecule has 1 saturated heterocycles. The molecule has 1 atom stereocenters. The van der Waals surface area contributed by atoms with Gasteiger partial charge in [0.2, 0.25) is 0 Å². The molecule has 1 fully saturated rings. The third-order valence-electron chi connectivity index (χ3n) is 3.89. The normalized spacial score (nSPS) is 19.3. The Bertz CT molecular complexity index is 683. The van der Waals surface area contributed by atoms with Crippen molar-refractivity contribution in [2.45, 2.75) is 25.4 Å². The van der Waals surface area contributed by atoms with Crippen LogP contribution in [0.4, 0.5) is 5.69 Å². The lowest BCUT2D eigenvalue weighted by Crippen LogP contribution is -2.42. The number of anilines is 1. The molecule has 1 unspecified atom stereocenters. The maximum atomic E-state index is 11.8. The van der Waals surface area contributed by atoms with Crippen LogP contribution >= 0.6 is 11.6 Å². The first-order valence-electron chi connectivity index (χ1n) is 7.31. The zero-order valence-corrected chi connectivity index (χ0v) is 13.2. The summed E-state index contributed by atoms with van der Waals surface area (Å²) in [6.45, 7) is 2.80. The van der Waals surface area contributed by atoms with Gasteiger partial charge in [-0.1, -0.05) is 11.6 Å². The van der Waals surface area contributed by atoms with Gasteiger partial charge in [-0.3, -0.25) is 9.69 Å². The van der Waals surface area contributed by atoms with E-state index in [1.54, 1.807) is 19.6 Å². The van der Waals surface area contributed by atoms with E-state index < -0.39 is 0 Å². The van der Waals surface area contributed by atoms with Gasteiger partial charge in [-0.05, 0) is 19.4 Å². The summed E-state index contributed by atoms with van der Waals surface area (Å²) in [5, 5.41) is 7.56. The Labute approximate surface area is 133 Å². The smallest absolute Gasteiger partial charge is 0.287 e. The highest BCUT2D eigenvalue weighted by Crippen LogP contribution is 2.20. The Morgan fingerprint density at radius 1 is 1.50 bits per heavy atom. The quantitative estimate of drug-likeness (QED) is 0.885. The van der Waals surface area contributed by atoms with Crippen LogP contribution in [-0.2, 0) is 13.6 Å². The van der Waals surface area contributed by atoms with Gasteiger partial charge >= 0.3 is 0 Å². The minimum absolute atomic E-state index is 0.197. The van der Waals surface area contributed by atoms with E-state index in [-0.39, 0.29) is 16.6 Å². The van der Waals surface area contributed by atoms with E-state index in [1.165, 1.54) is 4.68 Å². The second-order valence-electron chi connectivity index (χ2n) is 5.60. The van der Waals surface area contributed by atoms with Crippen LogP contribution in [0.5, 0.6) is 0 Å². The van der Waals surface area contributed by atoms with Crippen molar-refractivity contribution >= 4 is 17.3 Å². The number of aryl methyl sites for hydroxylation is 1. The van der Waals surface area contributed by atoms with E-state index >= 15 is 0 Å². The average Bonchev–Trinajstić information content (AvgIpc) is 3.01. The molecule has 8 heteroatoms. The minimum atomic E-state index is -0.281. The summed E-state index contributed by atoms with van der Waals surface area (Å²) in [4.78, 5) is 21.3. The van der Waals surface area contributed by atoms with Gasteiger partial charge < -0.3 is 10.3 Å². The fourth-order valence-electron chi connectivity index (χ4n) is 2.76. The van der Waals surface area contributed by atoms with Crippen molar-refractivity contribution in [3.63, 3.8) is 0 Å². The number of halogens is 1. The maximum Gasteiger partial charge on any atom is 0.287 e. The molecule has 0 radical (unpaired) electrons. The summed E-state index contributed by atoms with van der Waals surface area (Å²) < 4.78 is 1.24. The first-order chi connectivity index (χ1) is 10.6. The lowest BCUT2D eigenvalue weighted by Gasteiger charge is -2.33. The Hall–Kier alpha value is -1.86. The van der Waals surface area contributed by atoms with E-state index in [0.29, 0.717) is 5.69 Å². The van der Waals surface area contributed by atoms with Crippen LogP contribution in [0.15, 0.2) is 23.5 Å². The molecule has 0 saturated carbocycles. The second-order valence-corrected chi connectivity index (χ2v) is 5.97. The number of hydrogen-bond donors (Lipinski definition) is 2. The molecule has 0 aliphatic carbocycles. The summed E-state index contributed by atoms with van der Waals surface area (Å²) in [5.41, 5.74) is 1.43.